The minimum atomic E-state index is -0.995. The van der Waals surface area contributed by atoms with Gasteiger partial charge in [-0.2, -0.15) is 0 Å². The molecule has 1 aromatic carbocycles. The van der Waals surface area contributed by atoms with Crippen LogP contribution < -0.4 is 21.3 Å². The van der Waals surface area contributed by atoms with Crippen LogP contribution in [-0.2, 0) is 35.3 Å². The molecular formula is C24H36N4O7. The van der Waals surface area contributed by atoms with E-state index in [1.165, 1.54) is 27.7 Å². The van der Waals surface area contributed by atoms with E-state index in [1.54, 1.807) is 32.9 Å². The number of rotatable bonds is 10. The molecule has 0 saturated carbocycles. The van der Waals surface area contributed by atoms with E-state index in [0.717, 1.165) is 5.56 Å². The van der Waals surface area contributed by atoms with Gasteiger partial charge in [0.05, 0.1) is 0 Å². The van der Waals surface area contributed by atoms with E-state index in [4.69, 9.17) is 9.47 Å². The monoisotopic (exact) mass is 492 g/mol. The van der Waals surface area contributed by atoms with E-state index < -0.39 is 59.6 Å². The second-order valence-electron chi connectivity index (χ2n) is 9.15. The van der Waals surface area contributed by atoms with Crippen LogP contribution in [0.25, 0.3) is 0 Å². The van der Waals surface area contributed by atoms with Crippen molar-refractivity contribution >= 4 is 29.8 Å². The highest BCUT2D eigenvalue weighted by atomic mass is 16.6. The molecule has 1 rings (SSSR count). The maximum atomic E-state index is 12.4. The SMILES string of the molecule is C[C@H](NC(=O)OCc1ccccc1)C(=O)N[C@@H](C)C(=O)N[C@@H](C)C(=O)N[C@@H](C)C(=O)OC(C)(C)C. The van der Waals surface area contributed by atoms with Gasteiger partial charge in [0.25, 0.3) is 0 Å². The summed E-state index contributed by atoms with van der Waals surface area (Å²) in [6.45, 7) is 11.0. The predicted molar refractivity (Wildman–Crippen MR) is 128 cm³/mol. The zero-order chi connectivity index (χ0) is 26.8. The molecule has 0 aliphatic rings. The third kappa shape index (κ3) is 11.4. The number of ether oxygens (including phenoxy) is 2. The number of carbonyl (C=O) groups is 5. The fourth-order valence-electron chi connectivity index (χ4n) is 2.60. The number of hydrogen-bond acceptors (Lipinski definition) is 7. The first-order valence-corrected chi connectivity index (χ1v) is 11.3. The van der Waals surface area contributed by atoms with Crippen molar-refractivity contribution in [2.45, 2.75) is 84.8 Å². The molecule has 1 aromatic rings. The van der Waals surface area contributed by atoms with Crippen molar-refractivity contribution < 1.29 is 33.4 Å². The molecule has 11 heteroatoms. The molecule has 0 bridgehead atoms. The molecule has 0 aromatic heterocycles. The molecule has 0 spiro atoms. The van der Waals surface area contributed by atoms with Gasteiger partial charge in [0.1, 0.15) is 36.4 Å². The largest absolute Gasteiger partial charge is 0.458 e. The molecule has 0 saturated heterocycles. The first-order valence-electron chi connectivity index (χ1n) is 11.3. The van der Waals surface area contributed by atoms with Gasteiger partial charge in [0.15, 0.2) is 0 Å². The minimum Gasteiger partial charge on any atom is -0.458 e. The highest BCUT2D eigenvalue weighted by molar-refractivity contribution is 5.94. The number of hydrogen-bond donors (Lipinski definition) is 4. The Kier molecular flexibility index (Phi) is 11.2. The van der Waals surface area contributed by atoms with Crippen molar-refractivity contribution in [3.8, 4) is 0 Å². The van der Waals surface area contributed by atoms with E-state index in [2.05, 4.69) is 21.3 Å². The maximum absolute atomic E-state index is 12.4. The number of nitrogens with one attached hydrogen (secondary N) is 4. The standard InChI is InChI=1S/C24H36N4O7/c1-14(19(29)25-15(2)20(30)27-17(4)22(32)35-24(5,6)7)26-21(31)16(3)28-23(33)34-13-18-11-9-8-10-12-18/h8-12,14-17H,13H2,1-7H3,(H,25,29)(H,26,31)(H,27,30)(H,28,33)/t14-,15-,16-,17-/m0/s1. The summed E-state index contributed by atoms with van der Waals surface area (Å²) in [5, 5.41) is 9.79. The van der Waals surface area contributed by atoms with Crippen molar-refractivity contribution in [1.29, 1.82) is 0 Å². The van der Waals surface area contributed by atoms with Gasteiger partial charge < -0.3 is 30.7 Å². The molecule has 35 heavy (non-hydrogen) atoms. The van der Waals surface area contributed by atoms with Crippen LogP contribution in [0.3, 0.4) is 0 Å². The molecule has 194 valence electrons. The third-order valence-corrected chi connectivity index (χ3v) is 4.56. The van der Waals surface area contributed by atoms with Gasteiger partial charge in [-0.15, -0.1) is 0 Å². The lowest BCUT2D eigenvalue weighted by Crippen LogP contribution is -2.55. The summed E-state index contributed by atoms with van der Waals surface area (Å²) < 4.78 is 10.3. The van der Waals surface area contributed by atoms with Crippen LogP contribution in [0.2, 0.25) is 0 Å². The molecule has 4 N–H and O–H groups in total. The summed E-state index contributed by atoms with van der Waals surface area (Å²) in [6.07, 6.45) is -0.780. The zero-order valence-electron chi connectivity index (χ0n) is 21.3. The normalized spacial score (nSPS) is 14.4. The van der Waals surface area contributed by atoms with E-state index in [9.17, 15) is 24.0 Å². The number of esters is 1. The molecule has 0 fully saturated rings. The smallest absolute Gasteiger partial charge is 0.408 e. The van der Waals surface area contributed by atoms with Gasteiger partial charge in [0.2, 0.25) is 17.7 Å². The Morgan fingerprint density at radius 2 is 1.14 bits per heavy atom. The molecule has 4 amide bonds. The van der Waals surface area contributed by atoms with Crippen molar-refractivity contribution in [2.75, 3.05) is 0 Å². The van der Waals surface area contributed by atoms with Crippen LogP contribution in [0.5, 0.6) is 0 Å². The van der Waals surface area contributed by atoms with Gasteiger partial charge in [0, 0.05) is 0 Å². The lowest BCUT2D eigenvalue weighted by molar-refractivity contribution is -0.158. The Bertz CT molecular complexity index is 899. The van der Waals surface area contributed by atoms with E-state index in [0.29, 0.717) is 0 Å². The van der Waals surface area contributed by atoms with Crippen LogP contribution in [0.15, 0.2) is 30.3 Å². The molecule has 0 heterocycles. The molecule has 0 aliphatic heterocycles. The predicted octanol–water partition coefficient (Wildman–Crippen LogP) is 1.16. The summed E-state index contributed by atoms with van der Waals surface area (Å²) in [7, 11) is 0. The highest BCUT2D eigenvalue weighted by Gasteiger charge is 2.27. The van der Waals surface area contributed by atoms with Crippen LogP contribution in [0.4, 0.5) is 4.79 Å². The van der Waals surface area contributed by atoms with Crippen LogP contribution in [0.1, 0.15) is 54.0 Å². The number of carbonyl (C=O) groups excluding carboxylic acids is 5. The number of amides is 4. The number of benzene rings is 1. The van der Waals surface area contributed by atoms with Gasteiger partial charge in [-0.05, 0) is 54.0 Å². The summed E-state index contributed by atoms with van der Waals surface area (Å²) in [6, 6.07) is 5.20. The Hall–Kier alpha value is -3.63. The molecule has 0 unspecified atom stereocenters. The van der Waals surface area contributed by atoms with Crippen molar-refractivity contribution in [3.63, 3.8) is 0 Å². The van der Waals surface area contributed by atoms with Gasteiger partial charge >= 0.3 is 12.1 Å². The molecule has 0 radical (unpaired) electrons. The average Bonchev–Trinajstić information content (AvgIpc) is 2.76. The fourth-order valence-corrected chi connectivity index (χ4v) is 2.60. The van der Waals surface area contributed by atoms with Crippen LogP contribution >= 0.6 is 0 Å². The highest BCUT2D eigenvalue weighted by Crippen LogP contribution is 2.08. The van der Waals surface area contributed by atoms with Crippen molar-refractivity contribution in [1.82, 2.24) is 21.3 Å². The second kappa shape index (κ2) is 13.3. The van der Waals surface area contributed by atoms with E-state index in [-0.39, 0.29) is 6.61 Å². The molecule has 0 aliphatic carbocycles. The van der Waals surface area contributed by atoms with E-state index >= 15 is 0 Å². The number of alkyl carbamates (subject to hydrolysis) is 1. The van der Waals surface area contributed by atoms with Crippen LogP contribution in [0, 0.1) is 0 Å². The maximum Gasteiger partial charge on any atom is 0.408 e. The Labute approximate surface area is 205 Å². The second-order valence-corrected chi connectivity index (χ2v) is 9.15. The lowest BCUT2D eigenvalue weighted by Gasteiger charge is -2.24. The van der Waals surface area contributed by atoms with E-state index in [1.807, 2.05) is 18.2 Å². The summed E-state index contributed by atoms with van der Waals surface area (Å²) in [5.41, 5.74) is 0.0949. The molecule has 11 nitrogen and oxygen atoms in total. The topological polar surface area (TPSA) is 152 Å². The zero-order valence-corrected chi connectivity index (χ0v) is 21.3. The molecular weight excluding hydrogens is 456 g/mol. The minimum absolute atomic E-state index is 0.0479. The average molecular weight is 493 g/mol. The Morgan fingerprint density at radius 3 is 1.60 bits per heavy atom. The molecule has 4 atom stereocenters. The van der Waals surface area contributed by atoms with Crippen molar-refractivity contribution in [3.05, 3.63) is 35.9 Å². The summed E-state index contributed by atoms with van der Waals surface area (Å²) in [5.74, 6) is -2.43. The van der Waals surface area contributed by atoms with Gasteiger partial charge in [-0.3, -0.25) is 14.4 Å². The quantitative estimate of drug-likeness (QED) is 0.358. The fraction of sp³-hybridized carbons (Fsp3) is 0.542. The van der Waals surface area contributed by atoms with Crippen LogP contribution in [-0.4, -0.2) is 59.6 Å². The summed E-state index contributed by atoms with van der Waals surface area (Å²) >= 11 is 0. The Balaban J connectivity index is 2.45. The van der Waals surface area contributed by atoms with Crippen molar-refractivity contribution in [2.24, 2.45) is 0 Å². The first-order chi connectivity index (χ1) is 16.2. The third-order valence-electron chi connectivity index (χ3n) is 4.56. The van der Waals surface area contributed by atoms with Gasteiger partial charge in [-0.25, -0.2) is 9.59 Å². The Morgan fingerprint density at radius 1 is 0.714 bits per heavy atom. The summed E-state index contributed by atoms with van der Waals surface area (Å²) in [4.78, 5) is 61.0. The lowest BCUT2D eigenvalue weighted by atomic mass is 10.2. The first kappa shape index (κ1) is 29.4. The van der Waals surface area contributed by atoms with Gasteiger partial charge in [-0.1, -0.05) is 30.3 Å².